The second kappa shape index (κ2) is 4.74. The van der Waals surface area contributed by atoms with Gasteiger partial charge in [-0.05, 0) is 25.3 Å². The van der Waals surface area contributed by atoms with Crippen molar-refractivity contribution in [3.63, 3.8) is 0 Å². The van der Waals surface area contributed by atoms with Crippen LogP contribution in [0, 0.1) is 0 Å². The third-order valence-corrected chi connectivity index (χ3v) is 3.81. The van der Waals surface area contributed by atoms with Crippen LogP contribution in [0.5, 0.6) is 0 Å². The first-order valence-corrected chi connectivity index (χ1v) is 6.71. The zero-order chi connectivity index (χ0) is 14.2. The summed E-state index contributed by atoms with van der Waals surface area (Å²) in [7, 11) is 0. The molecular formula is C15H16N2O3. The second-order valence-corrected chi connectivity index (χ2v) is 5.50. The van der Waals surface area contributed by atoms with E-state index < -0.39 is 11.4 Å². The highest BCUT2D eigenvalue weighted by molar-refractivity contribution is 5.81. The van der Waals surface area contributed by atoms with Crippen LogP contribution in [0.25, 0.3) is 0 Å². The molecule has 0 radical (unpaired) electrons. The number of hydrogen-bond donors (Lipinski definition) is 1. The highest BCUT2D eigenvalue weighted by Gasteiger charge is 2.38. The number of rotatable bonds is 5. The van der Waals surface area contributed by atoms with E-state index in [1.54, 1.807) is 6.92 Å². The molecule has 1 N–H and O–H groups in total. The maximum atomic E-state index is 11.7. The Kier molecular flexibility index (Phi) is 3.04. The average Bonchev–Trinajstić information content (AvgIpc) is 3.20. The van der Waals surface area contributed by atoms with E-state index >= 15 is 0 Å². The Hall–Kier alpha value is -2.17. The summed E-state index contributed by atoms with van der Waals surface area (Å²) in [5.74, 6) is 0.608. The van der Waals surface area contributed by atoms with Crippen LogP contribution in [0.15, 0.2) is 34.9 Å². The number of carbonyl (C=O) groups is 1. The number of aromatic nitrogens is 2. The third-order valence-electron chi connectivity index (χ3n) is 3.81. The van der Waals surface area contributed by atoms with Gasteiger partial charge in [0.25, 0.3) is 0 Å². The molecule has 1 aromatic carbocycles. The van der Waals surface area contributed by atoms with Crippen molar-refractivity contribution >= 4 is 5.97 Å². The Morgan fingerprint density at radius 3 is 2.70 bits per heavy atom. The monoisotopic (exact) mass is 272 g/mol. The first kappa shape index (κ1) is 12.8. The van der Waals surface area contributed by atoms with E-state index in [9.17, 15) is 9.90 Å². The van der Waals surface area contributed by atoms with Gasteiger partial charge in [-0.3, -0.25) is 4.79 Å². The molecule has 1 aliphatic rings. The highest BCUT2D eigenvalue weighted by atomic mass is 16.5. The van der Waals surface area contributed by atoms with Crippen molar-refractivity contribution in [3.8, 4) is 0 Å². The van der Waals surface area contributed by atoms with Gasteiger partial charge in [-0.25, -0.2) is 0 Å². The molecule has 20 heavy (non-hydrogen) atoms. The van der Waals surface area contributed by atoms with Crippen molar-refractivity contribution in [2.75, 3.05) is 0 Å². The van der Waals surface area contributed by atoms with Crippen molar-refractivity contribution < 1.29 is 14.4 Å². The van der Waals surface area contributed by atoms with Gasteiger partial charge in [0.15, 0.2) is 5.82 Å². The van der Waals surface area contributed by atoms with E-state index in [1.807, 2.05) is 30.3 Å². The van der Waals surface area contributed by atoms with Crippen LogP contribution < -0.4 is 0 Å². The molecule has 0 aliphatic heterocycles. The molecule has 0 spiro atoms. The Balaban J connectivity index is 1.88. The lowest BCUT2D eigenvalue weighted by molar-refractivity contribution is -0.143. The molecule has 0 saturated heterocycles. The number of aliphatic carboxylic acids is 1. The van der Waals surface area contributed by atoms with Crippen molar-refractivity contribution in [1.29, 1.82) is 0 Å². The summed E-state index contributed by atoms with van der Waals surface area (Å²) in [4.78, 5) is 16.0. The molecule has 1 unspecified atom stereocenters. The standard InChI is InChI=1S/C15H16N2O3/c1-15(14(18)19,11-5-3-2-4-6-11)9-12-16-13(17-20-12)10-7-8-10/h2-6,10H,7-9H2,1H3,(H,18,19). The molecule has 1 fully saturated rings. The largest absolute Gasteiger partial charge is 0.481 e. The van der Waals surface area contributed by atoms with Gasteiger partial charge in [0.05, 0.1) is 5.41 Å². The first-order chi connectivity index (χ1) is 9.59. The van der Waals surface area contributed by atoms with Crippen molar-refractivity contribution in [2.45, 2.75) is 37.5 Å². The van der Waals surface area contributed by atoms with Crippen LogP contribution in [0.4, 0.5) is 0 Å². The Bertz CT molecular complexity index is 619. The molecule has 1 saturated carbocycles. The Labute approximate surface area is 116 Å². The van der Waals surface area contributed by atoms with Crippen LogP contribution in [-0.4, -0.2) is 21.2 Å². The molecule has 1 aromatic heterocycles. The van der Waals surface area contributed by atoms with Gasteiger partial charge in [0.2, 0.25) is 5.89 Å². The summed E-state index contributed by atoms with van der Waals surface area (Å²) in [6, 6.07) is 9.15. The van der Waals surface area contributed by atoms with E-state index in [0.717, 1.165) is 18.4 Å². The maximum Gasteiger partial charge on any atom is 0.314 e. The minimum atomic E-state index is -1.06. The molecule has 0 bridgehead atoms. The van der Waals surface area contributed by atoms with Gasteiger partial charge in [0.1, 0.15) is 0 Å². The normalized spacial score (nSPS) is 17.6. The van der Waals surface area contributed by atoms with E-state index in [0.29, 0.717) is 17.6 Å². The van der Waals surface area contributed by atoms with E-state index in [1.165, 1.54) is 0 Å². The quantitative estimate of drug-likeness (QED) is 0.905. The predicted octanol–water partition coefficient (Wildman–Crippen LogP) is 2.53. The van der Waals surface area contributed by atoms with Crippen LogP contribution in [-0.2, 0) is 16.6 Å². The van der Waals surface area contributed by atoms with Gasteiger partial charge in [-0.15, -0.1) is 0 Å². The molecule has 5 heteroatoms. The fourth-order valence-electron chi connectivity index (χ4n) is 2.26. The lowest BCUT2D eigenvalue weighted by Crippen LogP contribution is -2.34. The maximum absolute atomic E-state index is 11.7. The van der Waals surface area contributed by atoms with E-state index in [2.05, 4.69) is 10.1 Å². The van der Waals surface area contributed by atoms with Crippen molar-refractivity contribution in [2.24, 2.45) is 0 Å². The van der Waals surface area contributed by atoms with Gasteiger partial charge >= 0.3 is 5.97 Å². The molecule has 3 rings (SSSR count). The number of nitrogens with zero attached hydrogens (tertiary/aromatic N) is 2. The SMILES string of the molecule is CC(Cc1nc(C2CC2)no1)(C(=O)O)c1ccccc1. The van der Waals surface area contributed by atoms with Crippen molar-refractivity contribution in [1.82, 2.24) is 10.1 Å². The Morgan fingerprint density at radius 1 is 1.40 bits per heavy atom. The van der Waals surface area contributed by atoms with Gasteiger partial charge in [0, 0.05) is 12.3 Å². The highest BCUT2D eigenvalue weighted by Crippen LogP contribution is 2.38. The topological polar surface area (TPSA) is 76.2 Å². The molecule has 1 aliphatic carbocycles. The smallest absolute Gasteiger partial charge is 0.314 e. The van der Waals surface area contributed by atoms with Crippen LogP contribution in [0.3, 0.4) is 0 Å². The molecule has 2 aromatic rings. The molecule has 1 atom stereocenters. The van der Waals surface area contributed by atoms with E-state index in [4.69, 9.17) is 4.52 Å². The van der Waals surface area contributed by atoms with E-state index in [-0.39, 0.29) is 6.42 Å². The number of carboxylic acid groups (broad SMARTS) is 1. The second-order valence-electron chi connectivity index (χ2n) is 5.50. The van der Waals surface area contributed by atoms with Crippen molar-refractivity contribution in [3.05, 3.63) is 47.6 Å². The van der Waals surface area contributed by atoms with Gasteiger partial charge in [-0.1, -0.05) is 35.5 Å². The fraction of sp³-hybridized carbons (Fsp3) is 0.400. The lowest BCUT2D eigenvalue weighted by atomic mass is 9.79. The Morgan fingerprint density at radius 2 is 2.10 bits per heavy atom. The molecule has 104 valence electrons. The molecule has 5 nitrogen and oxygen atoms in total. The zero-order valence-electron chi connectivity index (χ0n) is 11.2. The minimum absolute atomic E-state index is 0.200. The number of benzene rings is 1. The average molecular weight is 272 g/mol. The molecular weight excluding hydrogens is 256 g/mol. The summed E-state index contributed by atoms with van der Waals surface area (Å²) in [6.45, 7) is 1.69. The lowest BCUT2D eigenvalue weighted by Gasteiger charge is -2.23. The summed E-state index contributed by atoms with van der Waals surface area (Å²) < 4.78 is 5.21. The first-order valence-electron chi connectivity index (χ1n) is 6.71. The number of carboxylic acids is 1. The summed E-state index contributed by atoms with van der Waals surface area (Å²) in [5, 5.41) is 13.5. The summed E-state index contributed by atoms with van der Waals surface area (Å²) in [5.41, 5.74) is -0.326. The van der Waals surface area contributed by atoms with Crippen LogP contribution in [0.1, 0.15) is 43.0 Å². The van der Waals surface area contributed by atoms with Gasteiger partial charge < -0.3 is 9.63 Å². The fourth-order valence-corrected chi connectivity index (χ4v) is 2.26. The molecule has 0 amide bonds. The summed E-state index contributed by atoms with van der Waals surface area (Å²) in [6.07, 6.45) is 2.38. The third kappa shape index (κ3) is 2.31. The van der Waals surface area contributed by atoms with Crippen LogP contribution in [0.2, 0.25) is 0 Å². The predicted molar refractivity (Wildman–Crippen MR) is 71.4 cm³/mol. The molecule has 1 heterocycles. The summed E-state index contributed by atoms with van der Waals surface area (Å²) >= 11 is 0. The zero-order valence-corrected chi connectivity index (χ0v) is 11.2. The van der Waals surface area contributed by atoms with Gasteiger partial charge in [-0.2, -0.15) is 4.98 Å². The minimum Gasteiger partial charge on any atom is -0.481 e. The number of hydrogen-bond acceptors (Lipinski definition) is 4. The van der Waals surface area contributed by atoms with Crippen LogP contribution >= 0.6 is 0 Å².